The van der Waals surface area contributed by atoms with Crippen molar-refractivity contribution in [2.45, 2.75) is 53.6 Å². The first-order chi connectivity index (χ1) is 13.3. The van der Waals surface area contributed by atoms with Gasteiger partial charge in [0.25, 0.3) is 0 Å². The number of halogens is 4. The lowest BCUT2D eigenvalue weighted by molar-refractivity contribution is -0.151. The van der Waals surface area contributed by atoms with Gasteiger partial charge in [-0.15, -0.1) is 11.8 Å². The SMILES string of the molecule is CCc1ccc(SCC(I)(NS(=O)(=O)c2c(C)cc(C)cc2C)C(F)(F)F)cc1. The Balaban J connectivity index is 2.34. The molecule has 0 amide bonds. The number of thioether (sulfide) groups is 1. The molecule has 0 bridgehead atoms. The number of sulfonamides is 1. The van der Waals surface area contributed by atoms with E-state index in [9.17, 15) is 21.6 Å². The molecule has 29 heavy (non-hydrogen) atoms. The van der Waals surface area contributed by atoms with Crippen LogP contribution in [0.4, 0.5) is 13.2 Å². The first-order valence-corrected chi connectivity index (χ1v) is 12.4. The second-order valence-corrected chi connectivity index (χ2v) is 11.4. The molecule has 0 aliphatic rings. The largest absolute Gasteiger partial charge is 0.417 e. The minimum Gasteiger partial charge on any atom is -0.207 e. The number of aryl methyl sites for hydroxylation is 4. The van der Waals surface area contributed by atoms with Gasteiger partial charge in [0, 0.05) is 10.6 Å². The fraction of sp³-hybridized carbons (Fsp3) is 0.400. The fourth-order valence-corrected chi connectivity index (χ4v) is 7.07. The summed E-state index contributed by atoms with van der Waals surface area (Å²) < 4.78 is 66.8. The number of benzene rings is 2. The van der Waals surface area contributed by atoms with Gasteiger partial charge in [-0.25, -0.2) is 8.42 Å². The maximum atomic E-state index is 13.9. The van der Waals surface area contributed by atoms with Crippen LogP contribution in [0.2, 0.25) is 0 Å². The summed E-state index contributed by atoms with van der Waals surface area (Å²) in [5, 5.41) is 0. The van der Waals surface area contributed by atoms with Gasteiger partial charge in [-0.3, -0.25) is 0 Å². The Labute approximate surface area is 188 Å². The molecule has 3 nitrogen and oxygen atoms in total. The van der Waals surface area contributed by atoms with Crippen molar-refractivity contribution in [3.05, 3.63) is 58.7 Å². The highest BCUT2D eigenvalue weighted by atomic mass is 127. The van der Waals surface area contributed by atoms with Crippen LogP contribution in [0.15, 0.2) is 46.2 Å². The summed E-state index contributed by atoms with van der Waals surface area (Å²) in [5.41, 5.74) is 2.76. The standard InChI is InChI=1S/C20H23F3INO2S2/c1-5-16-6-8-17(9-7-16)28-12-19(24,20(21,22)23)25-29(26,27)18-14(3)10-13(2)11-15(18)4/h6-11,25H,5,12H2,1-4H3. The Bertz CT molecular complexity index is 953. The lowest BCUT2D eigenvalue weighted by Crippen LogP contribution is -2.55. The molecule has 2 aromatic rings. The summed E-state index contributed by atoms with van der Waals surface area (Å²) in [6.07, 6.45) is -3.94. The molecule has 0 fully saturated rings. The van der Waals surface area contributed by atoms with Crippen LogP contribution in [-0.4, -0.2) is 23.9 Å². The molecule has 0 aliphatic carbocycles. The highest BCUT2D eigenvalue weighted by Gasteiger charge is 2.55. The quantitative estimate of drug-likeness (QED) is 0.199. The lowest BCUT2D eigenvalue weighted by atomic mass is 10.1. The average Bonchev–Trinajstić information content (AvgIpc) is 2.57. The van der Waals surface area contributed by atoms with Crippen molar-refractivity contribution in [3.63, 3.8) is 0 Å². The third-order valence-corrected chi connectivity index (χ3v) is 9.52. The van der Waals surface area contributed by atoms with Gasteiger partial charge >= 0.3 is 6.18 Å². The fourth-order valence-electron chi connectivity index (χ4n) is 3.03. The van der Waals surface area contributed by atoms with Crippen LogP contribution in [0.25, 0.3) is 0 Å². The van der Waals surface area contributed by atoms with Gasteiger partial charge < -0.3 is 0 Å². The highest BCUT2D eigenvalue weighted by molar-refractivity contribution is 14.1. The Morgan fingerprint density at radius 1 is 1.03 bits per heavy atom. The van der Waals surface area contributed by atoms with E-state index in [4.69, 9.17) is 0 Å². The summed E-state index contributed by atoms with van der Waals surface area (Å²) in [6, 6.07) is 10.5. The average molecular weight is 557 g/mol. The van der Waals surface area contributed by atoms with Crippen molar-refractivity contribution in [2.24, 2.45) is 0 Å². The molecule has 0 saturated carbocycles. The van der Waals surface area contributed by atoms with E-state index >= 15 is 0 Å². The van der Waals surface area contributed by atoms with Gasteiger partial charge in [0.15, 0.2) is 3.55 Å². The van der Waals surface area contributed by atoms with Crippen LogP contribution in [0.3, 0.4) is 0 Å². The van der Waals surface area contributed by atoms with Gasteiger partial charge in [-0.2, -0.15) is 17.9 Å². The minimum absolute atomic E-state index is 0.106. The first kappa shape index (κ1) is 24.5. The maximum Gasteiger partial charge on any atom is 0.417 e. The monoisotopic (exact) mass is 557 g/mol. The van der Waals surface area contributed by atoms with Crippen LogP contribution in [0.1, 0.15) is 29.2 Å². The molecule has 9 heteroatoms. The number of hydrogen-bond acceptors (Lipinski definition) is 3. The Morgan fingerprint density at radius 3 is 2.00 bits per heavy atom. The van der Waals surface area contributed by atoms with Crippen molar-refractivity contribution >= 4 is 44.4 Å². The van der Waals surface area contributed by atoms with Gasteiger partial charge in [-0.05, 0) is 78.6 Å². The zero-order chi connectivity index (χ0) is 22.0. The Kier molecular flexibility index (Phi) is 7.73. The predicted molar refractivity (Wildman–Crippen MR) is 120 cm³/mol. The molecule has 2 aromatic carbocycles. The summed E-state index contributed by atoms with van der Waals surface area (Å²) >= 11 is 2.13. The molecule has 160 valence electrons. The van der Waals surface area contributed by atoms with E-state index in [1.54, 1.807) is 38.1 Å². The molecule has 0 saturated heterocycles. The molecular weight excluding hydrogens is 534 g/mol. The molecule has 0 aromatic heterocycles. The molecule has 2 rings (SSSR count). The van der Waals surface area contributed by atoms with Crippen molar-refractivity contribution < 1.29 is 21.6 Å². The van der Waals surface area contributed by atoms with Crippen LogP contribution >= 0.6 is 34.4 Å². The number of hydrogen-bond donors (Lipinski definition) is 1. The van der Waals surface area contributed by atoms with Gasteiger partial charge in [0.1, 0.15) is 0 Å². The van der Waals surface area contributed by atoms with E-state index < -0.39 is 25.5 Å². The van der Waals surface area contributed by atoms with Crippen LogP contribution < -0.4 is 4.72 Å². The smallest absolute Gasteiger partial charge is 0.207 e. The predicted octanol–water partition coefficient (Wildman–Crippen LogP) is 5.94. The minimum atomic E-state index is -4.77. The molecule has 1 atom stereocenters. The zero-order valence-corrected chi connectivity index (χ0v) is 20.3. The summed E-state index contributed by atoms with van der Waals surface area (Å²) in [4.78, 5) is 0.542. The van der Waals surface area contributed by atoms with Crippen molar-refractivity contribution in [1.29, 1.82) is 0 Å². The lowest BCUT2D eigenvalue weighted by Gasteiger charge is -2.31. The second kappa shape index (κ2) is 9.15. The van der Waals surface area contributed by atoms with E-state index in [0.717, 1.165) is 29.3 Å². The number of rotatable bonds is 7. The van der Waals surface area contributed by atoms with Gasteiger partial charge in [0.2, 0.25) is 10.0 Å². The van der Waals surface area contributed by atoms with Gasteiger partial charge in [0.05, 0.1) is 4.90 Å². The third kappa shape index (κ3) is 5.89. The van der Waals surface area contributed by atoms with E-state index in [1.165, 1.54) is 22.6 Å². The van der Waals surface area contributed by atoms with Crippen LogP contribution in [-0.2, 0) is 16.4 Å². The molecule has 0 spiro atoms. The number of nitrogens with one attached hydrogen (secondary N) is 1. The van der Waals surface area contributed by atoms with E-state index in [-0.39, 0.29) is 4.90 Å². The molecule has 0 aliphatic heterocycles. The molecule has 0 heterocycles. The topological polar surface area (TPSA) is 46.2 Å². The third-order valence-electron chi connectivity index (χ3n) is 4.39. The van der Waals surface area contributed by atoms with Crippen molar-refractivity contribution in [2.75, 3.05) is 5.75 Å². The van der Waals surface area contributed by atoms with Crippen LogP contribution in [0, 0.1) is 20.8 Å². The molecule has 1 unspecified atom stereocenters. The summed E-state index contributed by atoms with van der Waals surface area (Å²) in [5.74, 6) is -0.494. The second-order valence-electron chi connectivity index (χ2n) is 6.92. The normalized spacial score (nSPS) is 14.6. The summed E-state index contributed by atoms with van der Waals surface area (Å²) in [7, 11) is -4.39. The maximum absolute atomic E-state index is 13.9. The van der Waals surface area contributed by atoms with Crippen LogP contribution in [0.5, 0.6) is 0 Å². The highest BCUT2D eigenvalue weighted by Crippen LogP contribution is 2.41. The molecule has 1 N–H and O–H groups in total. The number of alkyl halides is 4. The van der Waals surface area contributed by atoms with E-state index in [0.29, 0.717) is 16.0 Å². The van der Waals surface area contributed by atoms with Crippen molar-refractivity contribution in [1.82, 2.24) is 4.72 Å². The first-order valence-electron chi connectivity index (χ1n) is 8.88. The summed E-state index contributed by atoms with van der Waals surface area (Å²) in [6.45, 7) is 6.97. The Morgan fingerprint density at radius 2 is 1.55 bits per heavy atom. The van der Waals surface area contributed by atoms with Gasteiger partial charge in [-0.1, -0.05) is 36.8 Å². The molecule has 0 radical (unpaired) electrons. The van der Waals surface area contributed by atoms with E-state index in [1.807, 2.05) is 30.7 Å². The van der Waals surface area contributed by atoms with Crippen molar-refractivity contribution in [3.8, 4) is 0 Å². The zero-order valence-electron chi connectivity index (χ0n) is 16.5. The van der Waals surface area contributed by atoms with E-state index in [2.05, 4.69) is 0 Å². The molecular formula is C20H23F3INO2S2. The Hall–Kier alpha value is -0.780.